The SMILES string of the molecule is CCCOc1ccc(/C=N/N=C(N)N)cc1. The minimum Gasteiger partial charge on any atom is -0.494 e. The highest BCUT2D eigenvalue weighted by Crippen LogP contribution is 2.11. The molecule has 0 saturated carbocycles. The predicted octanol–water partition coefficient (Wildman–Crippen LogP) is 1.08. The summed E-state index contributed by atoms with van der Waals surface area (Å²) in [7, 11) is 0. The lowest BCUT2D eigenvalue weighted by atomic mass is 10.2. The highest BCUT2D eigenvalue weighted by atomic mass is 16.5. The average Bonchev–Trinajstić information content (AvgIpc) is 2.27. The summed E-state index contributed by atoms with van der Waals surface area (Å²) < 4.78 is 5.44. The minimum absolute atomic E-state index is 0.0563. The third kappa shape index (κ3) is 4.45. The van der Waals surface area contributed by atoms with E-state index >= 15 is 0 Å². The molecule has 1 aromatic rings. The zero-order chi connectivity index (χ0) is 11.8. The Morgan fingerprint density at radius 2 is 2.00 bits per heavy atom. The number of benzene rings is 1. The lowest BCUT2D eigenvalue weighted by molar-refractivity contribution is 0.317. The molecule has 0 aliphatic carbocycles. The van der Waals surface area contributed by atoms with Crippen molar-refractivity contribution in [3.8, 4) is 5.75 Å². The molecule has 5 nitrogen and oxygen atoms in total. The summed E-state index contributed by atoms with van der Waals surface area (Å²) in [6.07, 6.45) is 2.57. The lowest BCUT2D eigenvalue weighted by Crippen LogP contribution is -2.21. The summed E-state index contributed by atoms with van der Waals surface area (Å²) in [6, 6.07) is 7.53. The van der Waals surface area contributed by atoms with Crippen molar-refractivity contribution in [2.45, 2.75) is 13.3 Å². The molecule has 0 bridgehead atoms. The van der Waals surface area contributed by atoms with Crippen LogP contribution in [0.15, 0.2) is 34.5 Å². The van der Waals surface area contributed by atoms with Crippen molar-refractivity contribution < 1.29 is 4.74 Å². The smallest absolute Gasteiger partial charge is 0.211 e. The van der Waals surface area contributed by atoms with Gasteiger partial charge in [-0.1, -0.05) is 6.92 Å². The van der Waals surface area contributed by atoms with Gasteiger partial charge in [0, 0.05) is 0 Å². The monoisotopic (exact) mass is 220 g/mol. The molecule has 0 atom stereocenters. The summed E-state index contributed by atoms with van der Waals surface area (Å²) in [5.74, 6) is 0.792. The number of nitrogens with two attached hydrogens (primary N) is 2. The Morgan fingerprint density at radius 3 is 2.56 bits per heavy atom. The standard InChI is InChI=1S/C11H16N4O/c1-2-7-16-10-5-3-9(4-6-10)8-14-15-11(12)13/h3-6,8H,2,7H2,1H3,(H4,12,13,15)/b14-8+. The first-order valence-corrected chi connectivity index (χ1v) is 5.07. The normalized spacial score (nSPS) is 10.3. The van der Waals surface area contributed by atoms with Crippen LogP contribution in [0.2, 0.25) is 0 Å². The molecule has 0 unspecified atom stereocenters. The fourth-order valence-electron chi connectivity index (χ4n) is 1.03. The highest BCUT2D eigenvalue weighted by molar-refractivity contribution is 5.81. The largest absolute Gasteiger partial charge is 0.494 e. The summed E-state index contributed by atoms with van der Waals surface area (Å²) >= 11 is 0. The van der Waals surface area contributed by atoms with Gasteiger partial charge in [0.2, 0.25) is 5.96 Å². The molecule has 0 aliphatic heterocycles. The summed E-state index contributed by atoms with van der Waals surface area (Å²) in [6.45, 7) is 2.79. The van der Waals surface area contributed by atoms with Gasteiger partial charge in [0.1, 0.15) is 5.75 Å². The first kappa shape index (κ1) is 12.0. The van der Waals surface area contributed by atoms with E-state index < -0.39 is 0 Å². The van der Waals surface area contributed by atoms with Crippen molar-refractivity contribution >= 4 is 12.2 Å². The molecule has 0 aliphatic rings. The summed E-state index contributed by atoms with van der Waals surface area (Å²) in [5, 5.41) is 7.21. The zero-order valence-corrected chi connectivity index (χ0v) is 9.26. The van der Waals surface area contributed by atoms with Crippen LogP contribution in [0.1, 0.15) is 18.9 Å². The molecule has 0 amide bonds. The molecule has 0 saturated heterocycles. The third-order valence-corrected chi connectivity index (χ3v) is 1.73. The maximum atomic E-state index is 5.44. The van der Waals surface area contributed by atoms with E-state index in [-0.39, 0.29) is 5.96 Å². The van der Waals surface area contributed by atoms with Crippen molar-refractivity contribution in [3.05, 3.63) is 29.8 Å². The molecule has 0 fully saturated rings. The number of ether oxygens (including phenoxy) is 1. The molecule has 5 heteroatoms. The summed E-state index contributed by atoms with van der Waals surface area (Å²) in [4.78, 5) is 0. The number of nitrogens with zero attached hydrogens (tertiary/aromatic N) is 2. The number of guanidine groups is 1. The summed E-state index contributed by atoms with van der Waals surface area (Å²) in [5.41, 5.74) is 11.2. The van der Waals surface area contributed by atoms with E-state index in [0.29, 0.717) is 0 Å². The van der Waals surface area contributed by atoms with E-state index in [0.717, 1.165) is 24.3 Å². The second-order valence-corrected chi connectivity index (χ2v) is 3.19. The minimum atomic E-state index is -0.0563. The molecule has 0 heterocycles. The van der Waals surface area contributed by atoms with Crippen LogP contribution in [0.25, 0.3) is 0 Å². The van der Waals surface area contributed by atoms with Gasteiger partial charge in [0.25, 0.3) is 0 Å². The number of hydrogen-bond acceptors (Lipinski definition) is 3. The van der Waals surface area contributed by atoms with Crippen LogP contribution in [-0.2, 0) is 0 Å². The van der Waals surface area contributed by atoms with Crippen molar-refractivity contribution in [1.29, 1.82) is 0 Å². The first-order chi connectivity index (χ1) is 7.72. The van der Waals surface area contributed by atoms with Gasteiger partial charge in [-0.2, -0.15) is 5.10 Å². The Labute approximate surface area is 94.8 Å². The average molecular weight is 220 g/mol. The molecule has 0 radical (unpaired) electrons. The predicted molar refractivity (Wildman–Crippen MR) is 65.6 cm³/mol. The Balaban J connectivity index is 2.57. The third-order valence-electron chi connectivity index (χ3n) is 1.73. The van der Waals surface area contributed by atoms with E-state index in [1.807, 2.05) is 24.3 Å². The number of rotatable bonds is 5. The van der Waals surface area contributed by atoms with Crippen molar-refractivity contribution in [1.82, 2.24) is 0 Å². The van der Waals surface area contributed by atoms with Gasteiger partial charge in [-0.3, -0.25) is 0 Å². The molecule has 4 N–H and O–H groups in total. The van der Waals surface area contributed by atoms with E-state index in [1.165, 1.54) is 0 Å². The van der Waals surface area contributed by atoms with Crippen molar-refractivity contribution in [3.63, 3.8) is 0 Å². The van der Waals surface area contributed by atoms with E-state index in [1.54, 1.807) is 6.21 Å². The molecule has 86 valence electrons. The van der Waals surface area contributed by atoms with E-state index in [9.17, 15) is 0 Å². The molecule has 0 aromatic heterocycles. The van der Waals surface area contributed by atoms with Crippen LogP contribution in [0.5, 0.6) is 5.75 Å². The number of hydrogen-bond donors (Lipinski definition) is 2. The topological polar surface area (TPSA) is 86.0 Å². The zero-order valence-electron chi connectivity index (χ0n) is 9.26. The fourth-order valence-corrected chi connectivity index (χ4v) is 1.03. The van der Waals surface area contributed by atoms with Gasteiger partial charge in [0.15, 0.2) is 0 Å². The van der Waals surface area contributed by atoms with Crippen molar-refractivity contribution in [2.75, 3.05) is 6.61 Å². The van der Waals surface area contributed by atoms with Crippen LogP contribution in [0.3, 0.4) is 0 Å². The van der Waals surface area contributed by atoms with Crippen molar-refractivity contribution in [2.24, 2.45) is 21.7 Å². The molecule has 1 aromatic carbocycles. The van der Waals surface area contributed by atoms with Crippen LogP contribution < -0.4 is 16.2 Å². The van der Waals surface area contributed by atoms with Crippen LogP contribution >= 0.6 is 0 Å². The maximum absolute atomic E-state index is 5.44. The van der Waals surface area contributed by atoms with Gasteiger partial charge < -0.3 is 16.2 Å². The molecule has 16 heavy (non-hydrogen) atoms. The fraction of sp³-hybridized carbons (Fsp3) is 0.273. The first-order valence-electron chi connectivity index (χ1n) is 5.07. The van der Waals surface area contributed by atoms with Gasteiger partial charge in [-0.25, -0.2) is 0 Å². The Hall–Kier alpha value is -2.04. The quantitative estimate of drug-likeness (QED) is 0.442. The van der Waals surface area contributed by atoms with Crippen LogP contribution in [-0.4, -0.2) is 18.8 Å². The molecule has 1 rings (SSSR count). The van der Waals surface area contributed by atoms with Crippen LogP contribution in [0, 0.1) is 0 Å². The van der Waals surface area contributed by atoms with Gasteiger partial charge in [-0.15, -0.1) is 5.10 Å². The van der Waals surface area contributed by atoms with Crippen LogP contribution in [0.4, 0.5) is 0 Å². The van der Waals surface area contributed by atoms with E-state index in [2.05, 4.69) is 17.1 Å². The maximum Gasteiger partial charge on any atom is 0.211 e. The Morgan fingerprint density at radius 1 is 1.31 bits per heavy atom. The highest BCUT2D eigenvalue weighted by Gasteiger charge is 1.92. The molecular weight excluding hydrogens is 204 g/mol. The lowest BCUT2D eigenvalue weighted by Gasteiger charge is -2.03. The Bertz CT molecular complexity index is 366. The molecule has 0 spiro atoms. The second-order valence-electron chi connectivity index (χ2n) is 3.19. The van der Waals surface area contributed by atoms with Gasteiger partial charge >= 0.3 is 0 Å². The van der Waals surface area contributed by atoms with Gasteiger partial charge in [0.05, 0.1) is 12.8 Å². The second kappa shape index (κ2) is 6.44. The van der Waals surface area contributed by atoms with Gasteiger partial charge in [-0.05, 0) is 36.2 Å². The van der Waals surface area contributed by atoms with E-state index in [4.69, 9.17) is 16.2 Å². The Kier molecular flexibility index (Phi) is 4.85. The molecular formula is C11H16N4O.